The summed E-state index contributed by atoms with van der Waals surface area (Å²) in [5, 5.41) is 7.32. The second kappa shape index (κ2) is 5.60. The molecule has 0 spiro atoms. The molecule has 3 N–H and O–H groups in total. The van der Waals surface area contributed by atoms with Gasteiger partial charge in [-0.15, -0.1) is 0 Å². The summed E-state index contributed by atoms with van der Waals surface area (Å²) in [6.45, 7) is 6.60. The SMILES string of the molecule is CC(CC(N)=O)NCc1ncnn1C(C)C. The third-order valence-corrected chi connectivity index (χ3v) is 2.25. The lowest BCUT2D eigenvalue weighted by molar-refractivity contribution is -0.118. The number of carbonyl (C=O) groups excluding carboxylic acids is 1. The van der Waals surface area contributed by atoms with Crippen LogP contribution in [0, 0.1) is 0 Å². The lowest BCUT2D eigenvalue weighted by Gasteiger charge is -2.13. The number of nitrogens with one attached hydrogen (secondary N) is 1. The predicted octanol–water partition coefficient (Wildman–Crippen LogP) is 0.213. The summed E-state index contributed by atoms with van der Waals surface area (Å²) in [5.41, 5.74) is 5.11. The van der Waals surface area contributed by atoms with Crippen LogP contribution in [-0.4, -0.2) is 26.7 Å². The van der Waals surface area contributed by atoms with Crippen LogP contribution >= 0.6 is 0 Å². The van der Waals surface area contributed by atoms with Crippen molar-refractivity contribution in [1.29, 1.82) is 0 Å². The summed E-state index contributed by atoms with van der Waals surface area (Å²) in [6, 6.07) is 0.334. The summed E-state index contributed by atoms with van der Waals surface area (Å²) in [5.74, 6) is 0.566. The summed E-state index contributed by atoms with van der Waals surface area (Å²) >= 11 is 0. The van der Waals surface area contributed by atoms with E-state index in [1.165, 1.54) is 6.33 Å². The van der Waals surface area contributed by atoms with Crippen LogP contribution in [0.4, 0.5) is 0 Å². The maximum Gasteiger partial charge on any atom is 0.218 e. The van der Waals surface area contributed by atoms with E-state index in [1.54, 1.807) is 0 Å². The van der Waals surface area contributed by atoms with E-state index in [1.807, 2.05) is 25.5 Å². The quantitative estimate of drug-likeness (QED) is 0.724. The van der Waals surface area contributed by atoms with E-state index < -0.39 is 0 Å². The molecule has 6 heteroatoms. The van der Waals surface area contributed by atoms with Crippen molar-refractivity contribution in [3.05, 3.63) is 12.2 Å². The van der Waals surface area contributed by atoms with Gasteiger partial charge in [-0.1, -0.05) is 0 Å². The molecule has 1 aromatic rings. The van der Waals surface area contributed by atoms with Gasteiger partial charge in [0.2, 0.25) is 5.91 Å². The summed E-state index contributed by atoms with van der Waals surface area (Å²) in [4.78, 5) is 14.9. The Hall–Kier alpha value is -1.43. The molecular formula is C10H19N5O. The highest BCUT2D eigenvalue weighted by Gasteiger charge is 2.10. The number of rotatable bonds is 6. The monoisotopic (exact) mass is 225 g/mol. The molecule has 0 fully saturated rings. The Bertz CT molecular complexity index is 347. The topological polar surface area (TPSA) is 85.8 Å². The fourth-order valence-corrected chi connectivity index (χ4v) is 1.47. The standard InChI is InChI=1S/C10H19N5O/c1-7(2)15-10(13-6-14-15)5-12-8(3)4-9(11)16/h6-8,12H,4-5H2,1-3H3,(H2,11,16). The average molecular weight is 225 g/mol. The molecule has 1 unspecified atom stereocenters. The van der Waals surface area contributed by atoms with Crippen LogP contribution in [0.5, 0.6) is 0 Å². The molecule has 1 atom stereocenters. The summed E-state index contributed by atoms with van der Waals surface area (Å²) < 4.78 is 1.85. The fourth-order valence-electron chi connectivity index (χ4n) is 1.47. The molecule has 0 bridgehead atoms. The second-order valence-electron chi connectivity index (χ2n) is 4.17. The Morgan fingerprint density at radius 3 is 2.81 bits per heavy atom. The minimum Gasteiger partial charge on any atom is -0.370 e. The molecule has 1 amide bonds. The van der Waals surface area contributed by atoms with E-state index in [0.29, 0.717) is 13.0 Å². The molecule has 0 aromatic carbocycles. The molecule has 0 saturated heterocycles. The highest BCUT2D eigenvalue weighted by Crippen LogP contribution is 2.05. The first-order chi connectivity index (χ1) is 7.50. The maximum atomic E-state index is 10.7. The van der Waals surface area contributed by atoms with Gasteiger partial charge in [-0.25, -0.2) is 9.67 Å². The molecular weight excluding hydrogens is 206 g/mol. The first-order valence-corrected chi connectivity index (χ1v) is 5.40. The van der Waals surface area contributed by atoms with Gasteiger partial charge in [-0.3, -0.25) is 4.79 Å². The molecule has 16 heavy (non-hydrogen) atoms. The van der Waals surface area contributed by atoms with Gasteiger partial charge in [0.05, 0.1) is 6.54 Å². The molecule has 1 heterocycles. The lowest BCUT2D eigenvalue weighted by Crippen LogP contribution is -2.31. The smallest absolute Gasteiger partial charge is 0.218 e. The average Bonchev–Trinajstić information content (AvgIpc) is 2.61. The van der Waals surface area contributed by atoms with Crippen molar-refractivity contribution in [1.82, 2.24) is 20.1 Å². The van der Waals surface area contributed by atoms with Crippen LogP contribution in [-0.2, 0) is 11.3 Å². The Morgan fingerprint density at radius 1 is 1.56 bits per heavy atom. The van der Waals surface area contributed by atoms with Crippen molar-refractivity contribution >= 4 is 5.91 Å². The number of primary amides is 1. The number of carbonyl (C=O) groups is 1. The van der Waals surface area contributed by atoms with Crippen LogP contribution in [0.2, 0.25) is 0 Å². The third-order valence-electron chi connectivity index (χ3n) is 2.25. The Balaban J connectivity index is 2.48. The van der Waals surface area contributed by atoms with Gasteiger partial charge < -0.3 is 11.1 Å². The fraction of sp³-hybridized carbons (Fsp3) is 0.700. The second-order valence-corrected chi connectivity index (χ2v) is 4.17. The Morgan fingerprint density at radius 2 is 2.25 bits per heavy atom. The molecule has 0 aliphatic rings. The van der Waals surface area contributed by atoms with Crippen molar-refractivity contribution in [3.63, 3.8) is 0 Å². The van der Waals surface area contributed by atoms with E-state index in [9.17, 15) is 4.79 Å². The molecule has 1 rings (SSSR count). The minimum absolute atomic E-state index is 0.0508. The van der Waals surface area contributed by atoms with Crippen LogP contribution in [0.3, 0.4) is 0 Å². The van der Waals surface area contributed by atoms with E-state index in [4.69, 9.17) is 5.73 Å². The van der Waals surface area contributed by atoms with Crippen molar-refractivity contribution in [2.24, 2.45) is 5.73 Å². The largest absolute Gasteiger partial charge is 0.370 e. The summed E-state index contributed by atoms with van der Waals surface area (Å²) in [6.07, 6.45) is 1.87. The van der Waals surface area contributed by atoms with Gasteiger partial charge in [-0.05, 0) is 20.8 Å². The Labute approximate surface area is 95.2 Å². The number of nitrogens with zero attached hydrogens (tertiary/aromatic N) is 3. The zero-order valence-electron chi connectivity index (χ0n) is 9.97. The van der Waals surface area contributed by atoms with Gasteiger partial charge in [0, 0.05) is 18.5 Å². The van der Waals surface area contributed by atoms with Crippen LogP contribution in [0.1, 0.15) is 39.1 Å². The molecule has 90 valence electrons. The lowest BCUT2D eigenvalue weighted by atomic mass is 10.2. The maximum absolute atomic E-state index is 10.7. The number of amides is 1. The van der Waals surface area contributed by atoms with Crippen molar-refractivity contribution in [2.45, 2.75) is 45.8 Å². The van der Waals surface area contributed by atoms with Gasteiger partial charge in [0.25, 0.3) is 0 Å². The van der Waals surface area contributed by atoms with E-state index >= 15 is 0 Å². The third kappa shape index (κ3) is 3.62. The van der Waals surface area contributed by atoms with Gasteiger partial charge in [-0.2, -0.15) is 5.10 Å². The highest BCUT2D eigenvalue weighted by atomic mass is 16.1. The summed E-state index contributed by atoms with van der Waals surface area (Å²) in [7, 11) is 0. The van der Waals surface area contributed by atoms with Crippen LogP contribution in [0.25, 0.3) is 0 Å². The molecule has 0 saturated carbocycles. The number of aromatic nitrogens is 3. The normalized spacial score (nSPS) is 13.0. The van der Waals surface area contributed by atoms with Crippen LogP contribution < -0.4 is 11.1 Å². The zero-order valence-corrected chi connectivity index (χ0v) is 9.97. The predicted molar refractivity (Wildman–Crippen MR) is 60.5 cm³/mol. The van der Waals surface area contributed by atoms with Crippen molar-refractivity contribution in [2.75, 3.05) is 0 Å². The van der Waals surface area contributed by atoms with Gasteiger partial charge in [0.15, 0.2) is 0 Å². The van der Waals surface area contributed by atoms with E-state index in [-0.39, 0.29) is 18.0 Å². The van der Waals surface area contributed by atoms with Gasteiger partial charge >= 0.3 is 0 Å². The van der Waals surface area contributed by atoms with E-state index in [2.05, 4.69) is 15.4 Å². The van der Waals surface area contributed by atoms with Crippen molar-refractivity contribution in [3.8, 4) is 0 Å². The molecule has 0 aliphatic carbocycles. The van der Waals surface area contributed by atoms with Gasteiger partial charge in [0.1, 0.15) is 12.2 Å². The van der Waals surface area contributed by atoms with Crippen molar-refractivity contribution < 1.29 is 4.79 Å². The van der Waals surface area contributed by atoms with Crippen LogP contribution in [0.15, 0.2) is 6.33 Å². The minimum atomic E-state index is -0.301. The highest BCUT2D eigenvalue weighted by molar-refractivity contribution is 5.74. The first kappa shape index (κ1) is 12.6. The molecule has 1 aromatic heterocycles. The molecule has 0 aliphatic heterocycles. The number of hydrogen-bond donors (Lipinski definition) is 2. The number of nitrogens with two attached hydrogens (primary N) is 1. The molecule has 6 nitrogen and oxygen atoms in total. The Kier molecular flexibility index (Phi) is 4.42. The zero-order chi connectivity index (χ0) is 12.1. The molecule has 0 radical (unpaired) electrons. The van der Waals surface area contributed by atoms with E-state index in [0.717, 1.165) is 5.82 Å². The number of hydrogen-bond acceptors (Lipinski definition) is 4. The first-order valence-electron chi connectivity index (χ1n) is 5.40.